The standard InChI is InChI=1S/C21H20ClN3O/c1-14-6-5-9-18(22)17(14)12-25-11-10-16-19(13-25)23-20(24-21(16)26)15-7-3-2-4-8-15/h2-9H,10-13H2,1H3,(H,23,24,26). The molecule has 0 atom stereocenters. The van der Waals surface area contributed by atoms with Crippen molar-refractivity contribution in [1.29, 1.82) is 0 Å². The predicted molar refractivity (Wildman–Crippen MR) is 104 cm³/mol. The van der Waals surface area contributed by atoms with E-state index in [1.54, 1.807) is 0 Å². The van der Waals surface area contributed by atoms with Crippen LogP contribution in [0.5, 0.6) is 0 Å². The predicted octanol–water partition coefficient (Wildman–Crippen LogP) is 3.96. The van der Waals surface area contributed by atoms with Crippen molar-refractivity contribution in [2.75, 3.05) is 6.54 Å². The topological polar surface area (TPSA) is 49.0 Å². The number of H-pyrrole nitrogens is 1. The van der Waals surface area contributed by atoms with Crippen molar-refractivity contribution in [3.05, 3.63) is 86.3 Å². The molecule has 0 bridgehead atoms. The van der Waals surface area contributed by atoms with Crippen LogP contribution in [0.4, 0.5) is 0 Å². The number of fused-ring (bicyclic) bond motifs is 1. The molecule has 26 heavy (non-hydrogen) atoms. The van der Waals surface area contributed by atoms with Crippen LogP contribution in [0.25, 0.3) is 11.4 Å². The second-order valence-electron chi connectivity index (χ2n) is 6.70. The fourth-order valence-electron chi connectivity index (χ4n) is 3.45. The summed E-state index contributed by atoms with van der Waals surface area (Å²) in [4.78, 5) is 22.5. The van der Waals surface area contributed by atoms with E-state index in [2.05, 4.69) is 22.9 Å². The Bertz CT molecular complexity index is 978. The molecule has 2 aromatic carbocycles. The average Bonchev–Trinajstić information content (AvgIpc) is 2.65. The summed E-state index contributed by atoms with van der Waals surface area (Å²) in [5.74, 6) is 0.630. The molecule has 0 saturated carbocycles. The minimum absolute atomic E-state index is 0.0255. The molecule has 3 aromatic rings. The van der Waals surface area contributed by atoms with Gasteiger partial charge in [-0.15, -0.1) is 0 Å². The van der Waals surface area contributed by atoms with Crippen LogP contribution in [0.1, 0.15) is 22.4 Å². The Morgan fingerprint density at radius 2 is 1.96 bits per heavy atom. The van der Waals surface area contributed by atoms with E-state index >= 15 is 0 Å². The van der Waals surface area contributed by atoms with Gasteiger partial charge in [0.05, 0.1) is 5.69 Å². The summed E-state index contributed by atoms with van der Waals surface area (Å²) in [6, 6.07) is 15.7. The number of aromatic nitrogens is 2. The summed E-state index contributed by atoms with van der Waals surface area (Å²) >= 11 is 6.38. The number of halogens is 1. The lowest BCUT2D eigenvalue weighted by Crippen LogP contribution is -2.35. The molecule has 132 valence electrons. The summed E-state index contributed by atoms with van der Waals surface area (Å²) in [7, 11) is 0. The summed E-state index contributed by atoms with van der Waals surface area (Å²) < 4.78 is 0. The monoisotopic (exact) mass is 365 g/mol. The fraction of sp³-hybridized carbons (Fsp3) is 0.238. The van der Waals surface area contributed by atoms with E-state index in [4.69, 9.17) is 16.6 Å². The van der Waals surface area contributed by atoms with Crippen molar-refractivity contribution in [2.45, 2.75) is 26.4 Å². The molecule has 1 aliphatic heterocycles. The number of hydrogen-bond donors (Lipinski definition) is 1. The first kappa shape index (κ1) is 17.0. The lowest BCUT2D eigenvalue weighted by molar-refractivity contribution is 0.240. The summed E-state index contributed by atoms with van der Waals surface area (Å²) in [5, 5.41) is 0.791. The molecule has 1 aliphatic rings. The van der Waals surface area contributed by atoms with Gasteiger partial charge in [-0.2, -0.15) is 0 Å². The molecule has 0 unspecified atom stereocenters. The molecule has 1 N–H and O–H groups in total. The number of hydrogen-bond acceptors (Lipinski definition) is 3. The first-order chi connectivity index (χ1) is 12.6. The second-order valence-corrected chi connectivity index (χ2v) is 7.11. The first-order valence-electron chi connectivity index (χ1n) is 8.75. The van der Waals surface area contributed by atoms with E-state index in [0.29, 0.717) is 18.8 Å². The third-order valence-corrected chi connectivity index (χ3v) is 5.29. The maximum atomic E-state index is 12.5. The van der Waals surface area contributed by atoms with Crippen LogP contribution in [-0.2, 0) is 19.5 Å². The van der Waals surface area contributed by atoms with Gasteiger partial charge in [0.2, 0.25) is 0 Å². The molecule has 0 spiro atoms. The quantitative estimate of drug-likeness (QED) is 0.764. The molecule has 4 nitrogen and oxygen atoms in total. The molecule has 1 aromatic heterocycles. The molecule has 0 saturated heterocycles. The van der Waals surface area contributed by atoms with Crippen LogP contribution in [0.3, 0.4) is 0 Å². The van der Waals surface area contributed by atoms with Gasteiger partial charge in [0, 0.05) is 35.8 Å². The molecular formula is C21H20ClN3O. The molecule has 0 aliphatic carbocycles. The Labute approximate surface area is 157 Å². The highest BCUT2D eigenvalue weighted by Crippen LogP contribution is 2.24. The van der Waals surface area contributed by atoms with Crippen molar-refractivity contribution in [2.24, 2.45) is 0 Å². The second kappa shape index (κ2) is 7.06. The number of aromatic amines is 1. The smallest absolute Gasteiger partial charge is 0.254 e. The van der Waals surface area contributed by atoms with Gasteiger partial charge < -0.3 is 4.98 Å². The summed E-state index contributed by atoms with van der Waals surface area (Å²) in [5.41, 5.74) is 4.90. The lowest BCUT2D eigenvalue weighted by Gasteiger charge is -2.28. The van der Waals surface area contributed by atoms with E-state index in [9.17, 15) is 4.79 Å². The Morgan fingerprint density at radius 1 is 1.15 bits per heavy atom. The van der Waals surface area contributed by atoms with Gasteiger partial charge in [0.15, 0.2) is 0 Å². The minimum atomic E-state index is -0.0255. The highest BCUT2D eigenvalue weighted by molar-refractivity contribution is 6.31. The molecule has 5 heteroatoms. The first-order valence-corrected chi connectivity index (χ1v) is 9.13. The van der Waals surface area contributed by atoms with Crippen molar-refractivity contribution in [3.63, 3.8) is 0 Å². The zero-order chi connectivity index (χ0) is 18.1. The van der Waals surface area contributed by atoms with Gasteiger partial charge in [-0.05, 0) is 30.5 Å². The van der Waals surface area contributed by atoms with Crippen molar-refractivity contribution >= 4 is 11.6 Å². The number of rotatable bonds is 3. The zero-order valence-electron chi connectivity index (χ0n) is 14.6. The van der Waals surface area contributed by atoms with E-state index in [0.717, 1.165) is 40.5 Å². The number of nitrogens with one attached hydrogen (secondary N) is 1. The van der Waals surface area contributed by atoms with E-state index in [1.165, 1.54) is 5.56 Å². The van der Waals surface area contributed by atoms with Crippen molar-refractivity contribution in [1.82, 2.24) is 14.9 Å². The Kier molecular flexibility index (Phi) is 4.62. The molecule has 2 heterocycles. The minimum Gasteiger partial charge on any atom is -0.306 e. The highest BCUT2D eigenvalue weighted by atomic mass is 35.5. The van der Waals surface area contributed by atoms with Gasteiger partial charge in [-0.1, -0.05) is 54.1 Å². The fourth-order valence-corrected chi connectivity index (χ4v) is 3.73. The third kappa shape index (κ3) is 3.30. The van der Waals surface area contributed by atoms with Crippen LogP contribution in [-0.4, -0.2) is 21.4 Å². The summed E-state index contributed by atoms with van der Waals surface area (Å²) in [6.07, 6.45) is 0.705. The zero-order valence-corrected chi connectivity index (χ0v) is 15.4. The van der Waals surface area contributed by atoms with Gasteiger partial charge >= 0.3 is 0 Å². The Balaban J connectivity index is 1.64. The molecule has 4 rings (SSSR count). The molecule has 0 fully saturated rings. The van der Waals surface area contributed by atoms with Crippen LogP contribution in [0.2, 0.25) is 5.02 Å². The van der Waals surface area contributed by atoms with E-state index in [-0.39, 0.29) is 5.56 Å². The van der Waals surface area contributed by atoms with Crippen LogP contribution in [0, 0.1) is 6.92 Å². The SMILES string of the molecule is Cc1cccc(Cl)c1CN1CCc2c(nc(-c3ccccc3)[nH]c2=O)C1. The van der Waals surface area contributed by atoms with Crippen LogP contribution in [0.15, 0.2) is 53.3 Å². The summed E-state index contributed by atoms with van der Waals surface area (Å²) in [6.45, 7) is 4.33. The maximum absolute atomic E-state index is 12.5. The van der Waals surface area contributed by atoms with Crippen LogP contribution >= 0.6 is 11.6 Å². The van der Waals surface area contributed by atoms with Gasteiger partial charge in [0.25, 0.3) is 5.56 Å². The van der Waals surface area contributed by atoms with E-state index < -0.39 is 0 Å². The van der Waals surface area contributed by atoms with Gasteiger partial charge in [-0.25, -0.2) is 4.98 Å². The number of benzene rings is 2. The van der Waals surface area contributed by atoms with Gasteiger partial charge in [-0.3, -0.25) is 9.69 Å². The average molecular weight is 366 g/mol. The number of nitrogens with zero attached hydrogens (tertiary/aromatic N) is 2. The van der Waals surface area contributed by atoms with Crippen molar-refractivity contribution in [3.8, 4) is 11.4 Å². The lowest BCUT2D eigenvalue weighted by atomic mass is 10.0. The van der Waals surface area contributed by atoms with E-state index in [1.807, 2.05) is 42.5 Å². The normalized spacial score (nSPS) is 14.2. The van der Waals surface area contributed by atoms with Crippen LogP contribution < -0.4 is 5.56 Å². The molecular weight excluding hydrogens is 346 g/mol. The molecule has 0 radical (unpaired) electrons. The number of aryl methyl sites for hydroxylation is 1. The highest BCUT2D eigenvalue weighted by Gasteiger charge is 2.22. The van der Waals surface area contributed by atoms with Crippen molar-refractivity contribution < 1.29 is 0 Å². The maximum Gasteiger partial charge on any atom is 0.254 e. The third-order valence-electron chi connectivity index (χ3n) is 4.93. The Hall–Kier alpha value is -2.43. The molecule has 0 amide bonds. The Morgan fingerprint density at radius 3 is 2.73 bits per heavy atom. The van der Waals surface area contributed by atoms with Gasteiger partial charge in [0.1, 0.15) is 5.82 Å². The largest absolute Gasteiger partial charge is 0.306 e.